The zero-order valence-corrected chi connectivity index (χ0v) is 18.5. The SMILES string of the molecule is CCNC(=NCc1ccc(C)cc1)NCCc1ccc(NC(C)=O)cc1.I. The third kappa shape index (κ3) is 8.90. The van der Waals surface area contributed by atoms with Crippen molar-refractivity contribution in [3.8, 4) is 0 Å². The Morgan fingerprint density at radius 1 is 0.963 bits per heavy atom. The molecule has 0 bridgehead atoms. The van der Waals surface area contributed by atoms with E-state index >= 15 is 0 Å². The van der Waals surface area contributed by atoms with Crippen LogP contribution in [0.1, 0.15) is 30.5 Å². The molecule has 0 saturated heterocycles. The summed E-state index contributed by atoms with van der Waals surface area (Å²) in [7, 11) is 0. The lowest BCUT2D eigenvalue weighted by molar-refractivity contribution is -0.114. The maximum atomic E-state index is 11.0. The molecule has 0 radical (unpaired) electrons. The molecule has 27 heavy (non-hydrogen) atoms. The molecule has 2 rings (SSSR count). The Labute approximate surface area is 179 Å². The lowest BCUT2D eigenvalue weighted by atomic mass is 10.1. The summed E-state index contributed by atoms with van der Waals surface area (Å²) in [6.07, 6.45) is 0.884. The summed E-state index contributed by atoms with van der Waals surface area (Å²) in [4.78, 5) is 15.7. The van der Waals surface area contributed by atoms with Crippen molar-refractivity contribution in [2.75, 3.05) is 18.4 Å². The van der Waals surface area contributed by atoms with Gasteiger partial charge in [-0.05, 0) is 43.5 Å². The maximum Gasteiger partial charge on any atom is 0.221 e. The lowest BCUT2D eigenvalue weighted by Crippen LogP contribution is -2.38. The van der Waals surface area contributed by atoms with Crippen LogP contribution in [0.15, 0.2) is 53.5 Å². The number of hydrogen-bond acceptors (Lipinski definition) is 2. The maximum absolute atomic E-state index is 11.0. The van der Waals surface area contributed by atoms with Crippen LogP contribution in [-0.4, -0.2) is 25.0 Å². The fourth-order valence-corrected chi connectivity index (χ4v) is 2.49. The van der Waals surface area contributed by atoms with E-state index < -0.39 is 0 Å². The first-order valence-corrected chi connectivity index (χ1v) is 9.01. The fraction of sp³-hybridized carbons (Fsp3) is 0.333. The fourth-order valence-electron chi connectivity index (χ4n) is 2.49. The first-order valence-electron chi connectivity index (χ1n) is 9.01. The van der Waals surface area contributed by atoms with Gasteiger partial charge in [0.15, 0.2) is 5.96 Å². The van der Waals surface area contributed by atoms with Gasteiger partial charge in [-0.1, -0.05) is 42.0 Å². The van der Waals surface area contributed by atoms with Crippen LogP contribution in [0.25, 0.3) is 0 Å². The molecule has 1 amide bonds. The third-order valence-corrected chi connectivity index (χ3v) is 3.86. The molecule has 0 atom stereocenters. The monoisotopic (exact) mass is 480 g/mol. The van der Waals surface area contributed by atoms with Crippen LogP contribution in [0.4, 0.5) is 5.69 Å². The molecule has 0 aliphatic heterocycles. The largest absolute Gasteiger partial charge is 0.357 e. The van der Waals surface area contributed by atoms with Crippen LogP contribution in [0.3, 0.4) is 0 Å². The van der Waals surface area contributed by atoms with E-state index in [0.717, 1.165) is 31.2 Å². The zero-order chi connectivity index (χ0) is 18.8. The number of anilines is 1. The number of nitrogens with one attached hydrogen (secondary N) is 3. The molecule has 2 aromatic rings. The number of hydrogen-bond donors (Lipinski definition) is 3. The van der Waals surface area contributed by atoms with E-state index in [2.05, 4.69) is 59.1 Å². The van der Waals surface area contributed by atoms with Crippen LogP contribution in [0.5, 0.6) is 0 Å². The van der Waals surface area contributed by atoms with Crippen molar-refractivity contribution in [2.24, 2.45) is 4.99 Å². The standard InChI is InChI=1S/C21H28N4O.HI/c1-4-22-21(24-15-19-7-5-16(2)6-8-19)23-14-13-18-9-11-20(12-10-18)25-17(3)26;/h5-12H,4,13-15H2,1-3H3,(H,25,26)(H2,22,23,24);1H. The molecule has 0 aliphatic carbocycles. The highest BCUT2D eigenvalue weighted by atomic mass is 127. The summed E-state index contributed by atoms with van der Waals surface area (Å²) in [5.74, 6) is 0.766. The average Bonchev–Trinajstić information content (AvgIpc) is 2.62. The Bertz CT molecular complexity index is 727. The van der Waals surface area contributed by atoms with Gasteiger partial charge in [-0.15, -0.1) is 24.0 Å². The molecule has 0 aromatic heterocycles. The summed E-state index contributed by atoms with van der Waals surface area (Å²) in [5.41, 5.74) is 4.48. The minimum Gasteiger partial charge on any atom is -0.357 e. The Balaban J connectivity index is 0.00000364. The Kier molecular flexibility index (Phi) is 10.5. The van der Waals surface area contributed by atoms with Gasteiger partial charge in [0.25, 0.3) is 0 Å². The molecule has 0 aliphatic rings. The smallest absolute Gasteiger partial charge is 0.221 e. The normalized spacial score (nSPS) is 10.7. The minimum atomic E-state index is -0.0560. The highest BCUT2D eigenvalue weighted by molar-refractivity contribution is 14.0. The Morgan fingerprint density at radius 2 is 1.59 bits per heavy atom. The second-order valence-corrected chi connectivity index (χ2v) is 6.24. The van der Waals surface area contributed by atoms with Gasteiger partial charge in [0.1, 0.15) is 0 Å². The predicted molar refractivity (Wildman–Crippen MR) is 124 cm³/mol. The number of amides is 1. The highest BCUT2D eigenvalue weighted by Crippen LogP contribution is 2.09. The number of nitrogens with zero attached hydrogens (tertiary/aromatic N) is 1. The number of benzene rings is 2. The van der Waals surface area contributed by atoms with Crippen molar-refractivity contribution < 1.29 is 4.79 Å². The molecule has 0 unspecified atom stereocenters. The number of aliphatic imine (C=N–C) groups is 1. The van der Waals surface area contributed by atoms with Crippen LogP contribution >= 0.6 is 24.0 Å². The molecule has 0 spiro atoms. The van der Waals surface area contributed by atoms with Gasteiger partial charge < -0.3 is 16.0 Å². The Hall–Kier alpha value is -2.09. The van der Waals surface area contributed by atoms with Gasteiger partial charge in [-0.2, -0.15) is 0 Å². The first kappa shape index (κ1) is 23.0. The van der Waals surface area contributed by atoms with E-state index in [1.54, 1.807) is 0 Å². The number of carbonyl (C=O) groups is 1. The molecule has 0 heterocycles. The Morgan fingerprint density at radius 3 is 2.19 bits per heavy atom. The molecule has 0 fully saturated rings. The van der Waals surface area contributed by atoms with E-state index in [-0.39, 0.29) is 29.9 Å². The molecular weight excluding hydrogens is 451 g/mol. The summed E-state index contributed by atoms with van der Waals surface area (Å²) < 4.78 is 0. The van der Waals surface area contributed by atoms with E-state index in [0.29, 0.717) is 6.54 Å². The summed E-state index contributed by atoms with van der Waals surface area (Å²) >= 11 is 0. The average molecular weight is 480 g/mol. The van der Waals surface area contributed by atoms with Gasteiger partial charge in [0.05, 0.1) is 6.54 Å². The van der Waals surface area contributed by atoms with Crippen LogP contribution < -0.4 is 16.0 Å². The molecule has 3 N–H and O–H groups in total. The molecular formula is C21H29IN4O. The molecule has 6 heteroatoms. The quantitative estimate of drug-likeness (QED) is 0.320. The molecule has 0 saturated carbocycles. The highest BCUT2D eigenvalue weighted by Gasteiger charge is 2.00. The molecule has 2 aromatic carbocycles. The second kappa shape index (κ2) is 12.3. The number of carbonyl (C=O) groups excluding carboxylic acids is 1. The van der Waals surface area contributed by atoms with Gasteiger partial charge in [0.2, 0.25) is 5.91 Å². The van der Waals surface area contributed by atoms with E-state index in [1.165, 1.54) is 23.6 Å². The minimum absolute atomic E-state index is 0. The number of rotatable bonds is 7. The van der Waals surface area contributed by atoms with Gasteiger partial charge in [-0.25, -0.2) is 4.99 Å². The van der Waals surface area contributed by atoms with Crippen molar-refractivity contribution in [3.63, 3.8) is 0 Å². The summed E-state index contributed by atoms with van der Waals surface area (Å²) in [5, 5.41) is 9.41. The van der Waals surface area contributed by atoms with E-state index in [4.69, 9.17) is 0 Å². The van der Waals surface area contributed by atoms with Crippen molar-refractivity contribution in [1.82, 2.24) is 10.6 Å². The van der Waals surface area contributed by atoms with E-state index in [9.17, 15) is 4.79 Å². The van der Waals surface area contributed by atoms with Crippen molar-refractivity contribution in [1.29, 1.82) is 0 Å². The summed E-state index contributed by atoms with van der Waals surface area (Å²) in [6, 6.07) is 16.3. The lowest BCUT2D eigenvalue weighted by Gasteiger charge is -2.11. The first-order chi connectivity index (χ1) is 12.6. The number of guanidine groups is 1. The topological polar surface area (TPSA) is 65.5 Å². The second-order valence-electron chi connectivity index (χ2n) is 6.24. The number of halogens is 1. The van der Waals surface area contributed by atoms with Gasteiger partial charge in [0, 0.05) is 25.7 Å². The van der Waals surface area contributed by atoms with Gasteiger partial charge in [-0.3, -0.25) is 4.79 Å². The summed E-state index contributed by atoms with van der Waals surface area (Å²) in [6.45, 7) is 7.92. The van der Waals surface area contributed by atoms with Crippen LogP contribution in [0, 0.1) is 6.92 Å². The molecule has 5 nitrogen and oxygen atoms in total. The number of aryl methyl sites for hydroxylation is 1. The van der Waals surface area contributed by atoms with Crippen LogP contribution in [0.2, 0.25) is 0 Å². The van der Waals surface area contributed by atoms with Gasteiger partial charge >= 0.3 is 0 Å². The van der Waals surface area contributed by atoms with Crippen LogP contribution in [-0.2, 0) is 17.8 Å². The van der Waals surface area contributed by atoms with E-state index in [1.807, 2.05) is 24.3 Å². The third-order valence-electron chi connectivity index (χ3n) is 3.86. The van der Waals surface area contributed by atoms with Crippen molar-refractivity contribution in [2.45, 2.75) is 33.7 Å². The zero-order valence-electron chi connectivity index (χ0n) is 16.2. The molecule has 146 valence electrons. The van der Waals surface area contributed by atoms with Crippen molar-refractivity contribution in [3.05, 3.63) is 65.2 Å². The van der Waals surface area contributed by atoms with Crippen molar-refractivity contribution >= 4 is 41.5 Å². The predicted octanol–water partition coefficient (Wildman–Crippen LogP) is 3.87.